The van der Waals surface area contributed by atoms with Gasteiger partial charge in [0.15, 0.2) is 12.0 Å². The number of nitrogen functional groups attached to an aromatic ring is 1. The van der Waals surface area contributed by atoms with E-state index in [2.05, 4.69) is 10.3 Å². The average molecular weight is 566 g/mol. The Labute approximate surface area is 221 Å². The maximum absolute atomic E-state index is 12.4. The second kappa shape index (κ2) is 12.0. The fourth-order valence-corrected chi connectivity index (χ4v) is 4.35. The third-order valence-corrected chi connectivity index (χ3v) is 6.39. The number of rotatable bonds is 9. The number of nitrogens with two attached hydrogens (primary N) is 1. The van der Waals surface area contributed by atoms with Crippen LogP contribution in [0.25, 0.3) is 0 Å². The maximum Gasteiger partial charge on any atom is 0.527 e. The Morgan fingerprint density at radius 1 is 1.26 bits per heavy atom. The Bertz CT molecular complexity index is 1330. The third-order valence-electron chi connectivity index (χ3n) is 5.55. The highest BCUT2D eigenvalue weighted by Gasteiger charge is 2.45. The number of hydrogen-bond acceptors (Lipinski definition) is 12. The quantitative estimate of drug-likeness (QED) is 0.199. The minimum absolute atomic E-state index is 0.0155. The summed E-state index contributed by atoms with van der Waals surface area (Å²) in [5.41, 5.74) is 4.62. The van der Waals surface area contributed by atoms with Crippen molar-refractivity contribution in [1.82, 2.24) is 14.9 Å². The molecule has 2 aromatic rings. The van der Waals surface area contributed by atoms with Gasteiger partial charge in [0.1, 0.15) is 42.2 Å². The molecular formula is C23H27N4O11P. The molecule has 1 aromatic heterocycles. The van der Waals surface area contributed by atoms with E-state index in [1.54, 1.807) is 36.4 Å². The number of ether oxygens (including phenoxy) is 3. The second-order valence-electron chi connectivity index (χ2n) is 8.48. The van der Waals surface area contributed by atoms with E-state index < -0.39 is 57.0 Å². The van der Waals surface area contributed by atoms with Gasteiger partial charge in [-0.1, -0.05) is 24.3 Å². The van der Waals surface area contributed by atoms with Crippen LogP contribution in [-0.2, 0) is 27.9 Å². The van der Waals surface area contributed by atoms with Crippen LogP contribution in [0.4, 0.5) is 5.82 Å². The van der Waals surface area contributed by atoms with Crippen LogP contribution in [0.2, 0.25) is 0 Å². The lowest BCUT2D eigenvalue weighted by Crippen LogP contribution is -2.46. The van der Waals surface area contributed by atoms with Crippen molar-refractivity contribution < 1.29 is 47.7 Å². The summed E-state index contributed by atoms with van der Waals surface area (Å²) in [7, 11) is -4.76. The molecule has 16 heteroatoms. The van der Waals surface area contributed by atoms with Crippen molar-refractivity contribution >= 4 is 19.5 Å². The first-order valence-corrected chi connectivity index (χ1v) is 13.1. The lowest BCUT2D eigenvalue weighted by molar-refractivity contribution is -0.123. The minimum atomic E-state index is -4.76. The number of carbonyl (C=O) groups is 1. The number of aliphatic hydroxyl groups excluding tert-OH is 2. The van der Waals surface area contributed by atoms with Crippen molar-refractivity contribution in [1.29, 1.82) is 0 Å². The first-order valence-electron chi connectivity index (χ1n) is 11.6. The number of nitrogens with one attached hydrogen (secondary N) is 1. The zero-order chi connectivity index (χ0) is 28.2. The average Bonchev–Trinajstić information content (AvgIpc) is 3.16. The first kappa shape index (κ1) is 28.3. The number of aliphatic hydroxyl groups is 2. The molecule has 6 N–H and O–H groups in total. The van der Waals surface area contributed by atoms with Crippen molar-refractivity contribution in [2.24, 2.45) is 0 Å². The molecule has 2 aliphatic rings. The highest BCUT2D eigenvalue weighted by molar-refractivity contribution is 7.47. The summed E-state index contributed by atoms with van der Waals surface area (Å²) in [5.74, 6) is 0.0700. The van der Waals surface area contributed by atoms with Gasteiger partial charge in [-0.15, -0.1) is 0 Å². The summed E-state index contributed by atoms with van der Waals surface area (Å²) >= 11 is 0. The van der Waals surface area contributed by atoms with Gasteiger partial charge in [0, 0.05) is 13.1 Å². The highest BCUT2D eigenvalue weighted by atomic mass is 31.2. The van der Waals surface area contributed by atoms with E-state index in [1.165, 1.54) is 25.3 Å². The predicted molar refractivity (Wildman–Crippen MR) is 132 cm³/mol. The molecule has 0 spiro atoms. The van der Waals surface area contributed by atoms with Gasteiger partial charge >= 0.3 is 13.5 Å². The van der Waals surface area contributed by atoms with Crippen molar-refractivity contribution in [3.8, 4) is 5.75 Å². The summed E-state index contributed by atoms with van der Waals surface area (Å²) < 4.78 is 40.1. The number of aromatic nitrogens is 2. The molecule has 4 rings (SSSR count). The van der Waals surface area contributed by atoms with Gasteiger partial charge in [0.2, 0.25) is 5.91 Å². The van der Waals surface area contributed by atoms with Gasteiger partial charge in [-0.05, 0) is 24.3 Å². The highest BCUT2D eigenvalue weighted by Crippen LogP contribution is 2.45. The van der Waals surface area contributed by atoms with E-state index in [4.69, 9.17) is 29.0 Å². The molecule has 3 unspecified atom stereocenters. The summed E-state index contributed by atoms with van der Waals surface area (Å²) in [6, 6.07) is 9.29. The van der Waals surface area contributed by atoms with E-state index in [0.717, 1.165) is 10.8 Å². The fourth-order valence-electron chi connectivity index (χ4n) is 3.72. The van der Waals surface area contributed by atoms with Crippen LogP contribution in [0.5, 0.6) is 5.75 Å². The van der Waals surface area contributed by atoms with E-state index in [0.29, 0.717) is 5.75 Å². The summed E-state index contributed by atoms with van der Waals surface area (Å²) in [5, 5.41) is 23.3. The minimum Gasteiger partial charge on any atom is -0.452 e. The molecular weight excluding hydrogens is 539 g/mol. The largest absolute Gasteiger partial charge is 0.527 e. The molecule has 15 nitrogen and oxygen atoms in total. The Kier molecular flexibility index (Phi) is 8.70. The molecule has 0 bridgehead atoms. The van der Waals surface area contributed by atoms with Crippen molar-refractivity contribution in [3.63, 3.8) is 0 Å². The zero-order valence-electron chi connectivity index (χ0n) is 20.5. The molecule has 0 aliphatic carbocycles. The first-order chi connectivity index (χ1) is 18.5. The third kappa shape index (κ3) is 7.23. The Morgan fingerprint density at radius 2 is 2.00 bits per heavy atom. The molecule has 0 radical (unpaired) electrons. The number of phosphoric acid groups is 1. The standard InChI is InChI=1S/C23H27N4O11P/c1-13(28)25-16-8-7-15(37-22(16)36-14-5-3-2-4-6-14)11-34-39(32,33)35-12-17-19(29)20(30)21(38-17)27-10-9-18(24)26-23(27)31/h2-11,16-17,19-22,29-30H,12H2,1H3,(H,25,28)(H,32,33)(H2,24,26,31)/b15-11-/t16-,17-,19?,20+,21-,22?/m1/s1. The Balaban J connectivity index is 1.37. The fraction of sp³-hybridized carbons (Fsp3) is 0.348. The van der Waals surface area contributed by atoms with Gasteiger partial charge in [0.05, 0.1) is 6.61 Å². The number of benzene rings is 1. The van der Waals surface area contributed by atoms with Gasteiger partial charge in [-0.25, -0.2) is 9.36 Å². The van der Waals surface area contributed by atoms with Crippen LogP contribution in [0.1, 0.15) is 13.2 Å². The van der Waals surface area contributed by atoms with Gasteiger partial charge in [-0.2, -0.15) is 4.98 Å². The molecule has 39 heavy (non-hydrogen) atoms. The smallest absolute Gasteiger partial charge is 0.452 e. The monoisotopic (exact) mass is 566 g/mol. The van der Waals surface area contributed by atoms with Crippen molar-refractivity contribution in [2.45, 2.75) is 43.8 Å². The van der Waals surface area contributed by atoms with Crippen LogP contribution < -0.4 is 21.5 Å². The molecule has 1 fully saturated rings. The van der Waals surface area contributed by atoms with Crippen LogP contribution in [0, 0.1) is 0 Å². The summed E-state index contributed by atoms with van der Waals surface area (Å²) in [6.07, 6.45) is -1.79. The molecule has 2 aliphatic heterocycles. The van der Waals surface area contributed by atoms with Crippen LogP contribution in [0.15, 0.2) is 71.6 Å². The van der Waals surface area contributed by atoms with Crippen molar-refractivity contribution in [3.05, 3.63) is 77.3 Å². The lowest BCUT2D eigenvalue weighted by Gasteiger charge is -2.30. The summed E-state index contributed by atoms with van der Waals surface area (Å²) in [6.45, 7) is 0.655. The van der Waals surface area contributed by atoms with Crippen LogP contribution in [-0.4, -0.2) is 67.8 Å². The van der Waals surface area contributed by atoms with Gasteiger partial charge in [0.25, 0.3) is 6.29 Å². The normalized spacial score (nSPS) is 28.9. The van der Waals surface area contributed by atoms with Crippen LogP contribution in [0.3, 0.4) is 0 Å². The molecule has 210 valence electrons. The Hall–Kier alpha value is -3.72. The molecule has 3 heterocycles. The number of para-hydroxylation sites is 1. The van der Waals surface area contributed by atoms with E-state index >= 15 is 0 Å². The molecule has 0 saturated carbocycles. The number of anilines is 1. The Morgan fingerprint density at radius 3 is 2.69 bits per heavy atom. The summed E-state index contributed by atoms with van der Waals surface area (Å²) in [4.78, 5) is 37.2. The molecule has 1 amide bonds. The SMILES string of the molecule is CC(=O)N[C@@H]1C=C/C(=C/OP(=O)(O)OC[C@H]2O[C@@H](n3ccc(N)nc3=O)[C@@H](O)C2O)OC1Oc1ccccc1. The number of allylic oxidation sites excluding steroid dienone is 1. The van der Waals surface area contributed by atoms with Gasteiger partial charge < -0.3 is 40.0 Å². The number of nitrogens with zero attached hydrogens (tertiary/aromatic N) is 2. The van der Waals surface area contributed by atoms with Gasteiger partial charge in [-0.3, -0.25) is 18.8 Å². The maximum atomic E-state index is 12.4. The van der Waals surface area contributed by atoms with E-state index in [1.807, 2.05) is 0 Å². The lowest BCUT2D eigenvalue weighted by atomic mass is 10.1. The number of hydrogen-bond donors (Lipinski definition) is 5. The number of phosphoric ester groups is 1. The zero-order valence-corrected chi connectivity index (χ0v) is 21.4. The molecule has 1 aromatic carbocycles. The van der Waals surface area contributed by atoms with Crippen LogP contribution >= 0.6 is 7.82 Å². The molecule has 1 saturated heterocycles. The second-order valence-corrected chi connectivity index (χ2v) is 9.89. The number of amides is 1. The number of carbonyl (C=O) groups excluding carboxylic acids is 1. The topological polar surface area (TPSA) is 214 Å². The molecule has 7 atom stereocenters. The van der Waals surface area contributed by atoms with E-state index in [-0.39, 0.29) is 17.5 Å². The predicted octanol–water partition coefficient (Wildman–Crippen LogP) is -0.0841. The van der Waals surface area contributed by atoms with E-state index in [9.17, 15) is 29.3 Å². The van der Waals surface area contributed by atoms with Crippen molar-refractivity contribution in [2.75, 3.05) is 12.3 Å².